The summed E-state index contributed by atoms with van der Waals surface area (Å²) >= 11 is 13.5. The summed E-state index contributed by atoms with van der Waals surface area (Å²) in [6, 6.07) is 10.2. The van der Waals surface area contributed by atoms with Crippen LogP contribution in [0.15, 0.2) is 36.4 Å². The Morgan fingerprint density at radius 1 is 1.10 bits per heavy atom. The zero-order valence-electron chi connectivity index (χ0n) is 15.2. The van der Waals surface area contributed by atoms with Crippen LogP contribution in [0, 0.1) is 0 Å². The quantitative estimate of drug-likeness (QED) is 0.554. The molecule has 0 radical (unpaired) electrons. The summed E-state index contributed by atoms with van der Waals surface area (Å²) in [5, 5.41) is 4.24. The van der Waals surface area contributed by atoms with Gasteiger partial charge in [-0.15, -0.1) is 11.3 Å². The highest BCUT2D eigenvalue weighted by molar-refractivity contribution is 7.21. The number of hydrogen-bond donors (Lipinski definition) is 1. The Labute approximate surface area is 180 Å². The second kappa shape index (κ2) is 8.10. The van der Waals surface area contributed by atoms with Crippen LogP contribution in [0.5, 0.6) is 11.5 Å². The van der Waals surface area contributed by atoms with Crippen molar-refractivity contribution < 1.29 is 23.8 Å². The van der Waals surface area contributed by atoms with E-state index >= 15 is 0 Å². The summed E-state index contributed by atoms with van der Waals surface area (Å²) in [6.45, 7) is 2.42. The number of fused-ring (bicyclic) bond motifs is 2. The van der Waals surface area contributed by atoms with Gasteiger partial charge >= 0.3 is 5.97 Å². The number of amides is 1. The Bertz CT molecular complexity index is 1110. The van der Waals surface area contributed by atoms with Gasteiger partial charge in [0, 0.05) is 26.9 Å². The minimum Gasteiger partial charge on any atom is -0.486 e. The summed E-state index contributed by atoms with van der Waals surface area (Å²) in [5.41, 5.74) is 0.511. The number of ether oxygens (including phenoxy) is 3. The Kier molecular flexibility index (Phi) is 5.54. The largest absolute Gasteiger partial charge is 0.486 e. The van der Waals surface area contributed by atoms with E-state index in [1.165, 1.54) is 18.3 Å². The highest BCUT2D eigenvalue weighted by Crippen LogP contribution is 2.37. The third kappa shape index (κ3) is 4.12. The molecule has 1 N–H and O–H groups in total. The first-order valence-electron chi connectivity index (χ1n) is 8.71. The molecule has 3 aromatic rings. The second-order valence-electron chi connectivity index (χ2n) is 6.28. The van der Waals surface area contributed by atoms with Gasteiger partial charge in [0.2, 0.25) is 0 Å². The molecule has 1 aromatic heterocycles. The second-order valence-corrected chi connectivity index (χ2v) is 8.15. The average Bonchev–Trinajstić information content (AvgIpc) is 3.03. The van der Waals surface area contributed by atoms with Gasteiger partial charge in [-0.05, 0) is 31.2 Å². The van der Waals surface area contributed by atoms with Crippen molar-refractivity contribution in [1.82, 2.24) is 0 Å². The first-order chi connectivity index (χ1) is 13.9. The zero-order valence-corrected chi connectivity index (χ0v) is 17.5. The van der Waals surface area contributed by atoms with E-state index < -0.39 is 18.0 Å². The Morgan fingerprint density at radius 2 is 1.86 bits per heavy atom. The number of halogens is 2. The lowest BCUT2D eigenvalue weighted by Gasteiger charge is -2.19. The third-order valence-electron chi connectivity index (χ3n) is 4.24. The number of esters is 1. The van der Waals surface area contributed by atoms with E-state index in [0.717, 1.165) is 4.70 Å². The smallest absolute Gasteiger partial charge is 0.350 e. The van der Waals surface area contributed by atoms with Gasteiger partial charge in [-0.1, -0.05) is 29.3 Å². The summed E-state index contributed by atoms with van der Waals surface area (Å²) in [4.78, 5) is 25.2. The predicted molar refractivity (Wildman–Crippen MR) is 113 cm³/mol. The Hall–Kier alpha value is -2.48. The van der Waals surface area contributed by atoms with Crippen molar-refractivity contribution in [2.45, 2.75) is 13.0 Å². The molecule has 1 aliphatic heterocycles. The SMILES string of the molecule is CC(OC(=O)c1sc2cc(Cl)ccc2c1Cl)C(=O)Nc1ccc2c(c1)OCCO2. The van der Waals surface area contributed by atoms with Crippen LogP contribution in [0.25, 0.3) is 10.1 Å². The molecule has 4 rings (SSSR count). The lowest BCUT2D eigenvalue weighted by Crippen LogP contribution is -2.30. The monoisotopic (exact) mass is 451 g/mol. The van der Waals surface area contributed by atoms with E-state index in [1.807, 2.05) is 0 Å². The number of anilines is 1. The number of nitrogens with one attached hydrogen (secondary N) is 1. The molecule has 1 aliphatic rings. The number of benzene rings is 2. The maximum Gasteiger partial charge on any atom is 0.350 e. The van der Waals surface area contributed by atoms with Crippen molar-refractivity contribution in [3.8, 4) is 11.5 Å². The van der Waals surface area contributed by atoms with Gasteiger partial charge in [0.25, 0.3) is 5.91 Å². The van der Waals surface area contributed by atoms with Crippen LogP contribution >= 0.6 is 34.5 Å². The van der Waals surface area contributed by atoms with E-state index in [4.69, 9.17) is 37.4 Å². The molecule has 9 heteroatoms. The van der Waals surface area contributed by atoms with Crippen molar-refractivity contribution in [3.63, 3.8) is 0 Å². The molecule has 1 unspecified atom stereocenters. The van der Waals surface area contributed by atoms with Crippen LogP contribution < -0.4 is 14.8 Å². The van der Waals surface area contributed by atoms with Gasteiger partial charge in [0.05, 0.1) is 5.02 Å². The molecule has 2 heterocycles. The average molecular weight is 452 g/mol. The van der Waals surface area contributed by atoms with E-state index in [2.05, 4.69) is 5.32 Å². The summed E-state index contributed by atoms with van der Waals surface area (Å²) in [5.74, 6) is 0.0232. The molecule has 6 nitrogen and oxygen atoms in total. The fraction of sp³-hybridized carbons (Fsp3) is 0.200. The first kappa shape index (κ1) is 19.8. The maximum absolute atomic E-state index is 12.5. The van der Waals surface area contributed by atoms with Gasteiger partial charge in [-0.2, -0.15) is 0 Å². The molecule has 0 bridgehead atoms. The fourth-order valence-electron chi connectivity index (χ4n) is 2.80. The fourth-order valence-corrected chi connectivity index (χ4v) is 4.47. The molecular weight excluding hydrogens is 437 g/mol. The maximum atomic E-state index is 12.5. The van der Waals surface area contributed by atoms with Crippen molar-refractivity contribution in [1.29, 1.82) is 0 Å². The number of carbonyl (C=O) groups is 2. The topological polar surface area (TPSA) is 73.9 Å². The highest BCUT2D eigenvalue weighted by atomic mass is 35.5. The van der Waals surface area contributed by atoms with Crippen LogP contribution in [0.1, 0.15) is 16.6 Å². The number of rotatable bonds is 4. The molecular formula is C20H15Cl2NO5S. The Balaban J connectivity index is 1.44. The summed E-state index contributed by atoms with van der Waals surface area (Å²) in [6.07, 6.45) is -1.03. The van der Waals surface area contributed by atoms with Crippen LogP contribution in [-0.4, -0.2) is 31.2 Å². The molecule has 0 saturated heterocycles. The summed E-state index contributed by atoms with van der Waals surface area (Å²) < 4.78 is 17.0. The van der Waals surface area contributed by atoms with E-state index in [9.17, 15) is 9.59 Å². The van der Waals surface area contributed by atoms with Gasteiger partial charge in [-0.25, -0.2) is 4.79 Å². The highest BCUT2D eigenvalue weighted by Gasteiger charge is 2.24. The zero-order chi connectivity index (χ0) is 20.5. The van der Waals surface area contributed by atoms with Crippen LogP contribution in [-0.2, 0) is 9.53 Å². The van der Waals surface area contributed by atoms with E-state index in [0.29, 0.717) is 40.8 Å². The van der Waals surface area contributed by atoms with Crippen LogP contribution in [0.4, 0.5) is 5.69 Å². The van der Waals surface area contributed by atoms with Gasteiger partial charge in [-0.3, -0.25) is 4.79 Å². The summed E-state index contributed by atoms with van der Waals surface area (Å²) in [7, 11) is 0. The molecule has 1 atom stereocenters. The number of thiophene rings is 1. The van der Waals surface area contributed by atoms with Gasteiger partial charge < -0.3 is 19.5 Å². The van der Waals surface area contributed by atoms with E-state index in [-0.39, 0.29) is 9.90 Å². The Morgan fingerprint density at radius 3 is 2.66 bits per heavy atom. The molecule has 29 heavy (non-hydrogen) atoms. The van der Waals surface area contributed by atoms with E-state index in [1.54, 1.807) is 36.4 Å². The standard InChI is InChI=1S/C20H15Cl2NO5S/c1-10(19(24)23-12-3-5-14-15(9-12)27-7-6-26-14)28-20(25)18-17(22)13-4-2-11(21)8-16(13)29-18/h2-5,8-10H,6-7H2,1H3,(H,23,24). The first-order valence-corrected chi connectivity index (χ1v) is 10.3. The van der Waals surface area contributed by atoms with Crippen molar-refractivity contribution in [2.75, 3.05) is 18.5 Å². The van der Waals surface area contributed by atoms with Gasteiger partial charge in [0.1, 0.15) is 18.1 Å². The lowest BCUT2D eigenvalue weighted by atomic mass is 10.2. The van der Waals surface area contributed by atoms with Crippen LogP contribution in [0.3, 0.4) is 0 Å². The molecule has 0 spiro atoms. The molecule has 1 amide bonds. The molecule has 150 valence electrons. The van der Waals surface area contributed by atoms with Crippen molar-refractivity contribution in [2.24, 2.45) is 0 Å². The molecule has 0 aliphatic carbocycles. The normalized spacial score (nSPS) is 13.8. The number of carbonyl (C=O) groups excluding carboxylic acids is 2. The molecule has 0 saturated carbocycles. The lowest BCUT2D eigenvalue weighted by molar-refractivity contribution is -0.123. The molecule has 2 aromatic carbocycles. The molecule has 0 fully saturated rings. The van der Waals surface area contributed by atoms with Crippen molar-refractivity contribution in [3.05, 3.63) is 51.3 Å². The van der Waals surface area contributed by atoms with Crippen molar-refractivity contribution >= 4 is 62.2 Å². The third-order valence-corrected chi connectivity index (χ3v) is 6.11. The minimum absolute atomic E-state index is 0.225. The number of hydrogen-bond acceptors (Lipinski definition) is 6. The van der Waals surface area contributed by atoms with Gasteiger partial charge in [0.15, 0.2) is 17.6 Å². The minimum atomic E-state index is -1.03. The van der Waals surface area contributed by atoms with Crippen LogP contribution in [0.2, 0.25) is 10.0 Å². The predicted octanol–water partition coefficient (Wildman–Crippen LogP) is 5.16.